The Morgan fingerprint density at radius 2 is 1.77 bits per heavy atom. The van der Waals surface area contributed by atoms with Crippen molar-refractivity contribution in [2.24, 2.45) is 0 Å². The summed E-state index contributed by atoms with van der Waals surface area (Å²) >= 11 is 0. The van der Waals surface area contributed by atoms with Crippen LogP contribution in [0.5, 0.6) is 0 Å². The molecule has 2 aromatic carbocycles. The Balaban J connectivity index is 1.95. The van der Waals surface area contributed by atoms with Gasteiger partial charge in [0.05, 0.1) is 0 Å². The zero-order chi connectivity index (χ0) is 18.7. The third kappa shape index (κ3) is 3.61. The molecule has 0 aliphatic heterocycles. The first-order chi connectivity index (χ1) is 12.5. The molecule has 5 nitrogen and oxygen atoms in total. The number of carbonyl (C=O) groups excluding carboxylic acids is 2. The second-order valence-corrected chi connectivity index (χ2v) is 6.35. The van der Waals surface area contributed by atoms with Crippen LogP contribution in [0.15, 0.2) is 46.9 Å². The number of nitrogens with one attached hydrogen (secondary N) is 2. The van der Waals surface area contributed by atoms with Crippen molar-refractivity contribution in [3.05, 3.63) is 59.4 Å². The van der Waals surface area contributed by atoms with Gasteiger partial charge in [-0.15, -0.1) is 0 Å². The van der Waals surface area contributed by atoms with Crippen LogP contribution in [0.3, 0.4) is 0 Å². The summed E-state index contributed by atoms with van der Waals surface area (Å²) in [5, 5.41) is 6.39. The Morgan fingerprint density at radius 1 is 1.00 bits per heavy atom. The van der Waals surface area contributed by atoms with E-state index in [-0.39, 0.29) is 11.7 Å². The summed E-state index contributed by atoms with van der Waals surface area (Å²) in [5.74, 6) is -0.426. The highest BCUT2D eigenvalue weighted by Crippen LogP contribution is 2.31. The highest BCUT2D eigenvalue weighted by Gasteiger charge is 2.22. The van der Waals surface area contributed by atoms with Gasteiger partial charge in [0.2, 0.25) is 11.7 Å². The zero-order valence-electron chi connectivity index (χ0n) is 15.2. The molecule has 134 valence electrons. The second kappa shape index (κ2) is 7.44. The Labute approximate surface area is 152 Å². The minimum absolute atomic E-state index is 0.105. The van der Waals surface area contributed by atoms with E-state index in [2.05, 4.69) is 10.6 Å². The quantitative estimate of drug-likeness (QED) is 0.677. The Hall–Kier alpha value is -3.08. The molecule has 0 spiro atoms. The third-order valence-corrected chi connectivity index (χ3v) is 4.31. The maximum Gasteiger partial charge on any atom is 0.293 e. The summed E-state index contributed by atoms with van der Waals surface area (Å²) in [5.41, 5.74) is 3.90. The lowest BCUT2D eigenvalue weighted by molar-refractivity contribution is -0.116. The number of hydrogen-bond acceptors (Lipinski definition) is 3. The highest BCUT2D eigenvalue weighted by atomic mass is 16.3. The van der Waals surface area contributed by atoms with E-state index < -0.39 is 5.91 Å². The number of carbonyl (C=O) groups is 2. The number of furan rings is 1. The summed E-state index contributed by atoms with van der Waals surface area (Å²) in [7, 11) is 0. The van der Waals surface area contributed by atoms with Gasteiger partial charge in [-0.3, -0.25) is 9.59 Å². The lowest BCUT2D eigenvalue weighted by Gasteiger charge is -2.08. The summed E-state index contributed by atoms with van der Waals surface area (Å²) in [6, 6.07) is 13.0. The molecule has 3 aromatic rings. The highest BCUT2D eigenvalue weighted by molar-refractivity contribution is 6.14. The van der Waals surface area contributed by atoms with Crippen LogP contribution in [0.4, 0.5) is 11.4 Å². The molecule has 1 aromatic heterocycles. The zero-order valence-corrected chi connectivity index (χ0v) is 15.2. The van der Waals surface area contributed by atoms with Gasteiger partial charge in [-0.2, -0.15) is 0 Å². The van der Waals surface area contributed by atoms with Crippen molar-refractivity contribution < 1.29 is 14.0 Å². The fraction of sp³-hybridized carbons (Fsp3) is 0.238. The van der Waals surface area contributed by atoms with Crippen LogP contribution in [-0.2, 0) is 4.79 Å². The summed E-state index contributed by atoms with van der Waals surface area (Å²) in [6.45, 7) is 5.94. The van der Waals surface area contributed by atoms with Crippen molar-refractivity contribution >= 4 is 34.2 Å². The largest absolute Gasteiger partial charge is 0.449 e. The molecule has 26 heavy (non-hydrogen) atoms. The molecule has 0 radical (unpaired) electrons. The number of amides is 2. The van der Waals surface area contributed by atoms with Gasteiger partial charge in [-0.1, -0.05) is 25.1 Å². The van der Waals surface area contributed by atoms with E-state index >= 15 is 0 Å². The molecule has 2 N–H and O–H groups in total. The average Bonchev–Trinajstić information content (AvgIpc) is 2.97. The van der Waals surface area contributed by atoms with Gasteiger partial charge in [-0.05, 0) is 55.7 Å². The number of fused-ring (bicyclic) bond motifs is 1. The van der Waals surface area contributed by atoms with Crippen LogP contribution >= 0.6 is 0 Å². The number of rotatable bonds is 5. The van der Waals surface area contributed by atoms with Crippen LogP contribution in [0.2, 0.25) is 0 Å². The molecule has 2 amide bonds. The van der Waals surface area contributed by atoms with Gasteiger partial charge in [-0.25, -0.2) is 0 Å². The second-order valence-electron chi connectivity index (χ2n) is 6.35. The van der Waals surface area contributed by atoms with Crippen LogP contribution < -0.4 is 10.6 Å². The van der Waals surface area contributed by atoms with Gasteiger partial charge < -0.3 is 15.1 Å². The monoisotopic (exact) mass is 350 g/mol. The fourth-order valence-electron chi connectivity index (χ4n) is 2.77. The van der Waals surface area contributed by atoms with Gasteiger partial charge in [0.15, 0.2) is 0 Å². The molecule has 1 heterocycles. The van der Waals surface area contributed by atoms with E-state index in [9.17, 15) is 9.59 Å². The SMILES string of the molecule is CCCC(=O)Nc1c(C(=O)Nc2ccc(C)c(C)c2)oc2ccccc12. The topological polar surface area (TPSA) is 71.3 Å². The first-order valence-corrected chi connectivity index (χ1v) is 8.69. The van der Waals surface area contributed by atoms with Gasteiger partial charge >= 0.3 is 0 Å². The van der Waals surface area contributed by atoms with Crippen LogP contribution in [-0.4, -0.2) is 11.8 Å². The van der Waals surface area contributed by atoms with Crippen LogP contribution in [0, 0.1) is 13.8 Å². The molecule has 5 heteroatoms. The fourth-order valence-corrected chi connectivity index (χ4v) is 2.77. The number of anilines is 2. The van der Waals surface area contributed by atoms with Crippen LogP contribution in [0.25, 0.3) is 11.0 Å². The molecular weight excluding hydrogens is 328 g/mol. The maximum atomic E-state index is 12.8. The van der Waals surface area contributed by atoms with Crippen molar-refractivity contribution in [1.29, 1.82) is 0 Å². The van der Waals surface area contributed by atoms with Crippen LogP contribution in [0.1, 0.15) is 41.4 Å². The Bertz CT molecular complexity index is 973. The van der Waals surface area contributed by atoms with Crippen molar-refractivity contribution in [2.45, 2.75) is 33.6 Å². The molecule has 0 aliphatic carbocycles. The Morgan fingerprint density at radius 3 is 2.50 bits per heavy atom. The smallest absolute Gasteiger partial charge is 0.293 e. The molecule has 0 unspecified atom stereocenters. The summed E-state index contributed by atoms with van der Waals surface area (Å²) in [4.78, 5) is 24.9. The molecule has 3 rings (SSSR count). The summed E-state index contributed by atoms with van der Waals surface area (Å²) in [6.07, 6.45) is 1.11. The van der Waals surface area contributed by atoms with E-state index in [4.69, 9.17) is 4.42 Å². The summed E-state index contributed by atoms with van der Waals surface area (Å²) < 4.78 is 5.74. The molecule has 0 bridgehead atoms. The molecule has 0 saturated carbocycles. The van der Waals surface area contributed by atoms with E-state index in [0.29, 0.717) is 28.8 Å². The van der Waals surface area contributed by atoms with Gasteiger partial charge in [0, 0.05) is 17.5 Å². The normalized spacial score (nSPS) is 10.7. The van der Waals surface area contributed by atoms with E-state index in [0.717, 1.165) is 17.5 Å². The minimum Gasteiger partial charge on any atom is -0.449 e. The van der Waals surface area contributed by atoms with Gasteiger partial charge in [0.1, 0.15) is 11.3 Å². The van der Waals surface area contributed by atoms with Gasteiger partial charge in [0.25, 0.3) is 5.91 Å². The molecule has 0 saturated heterocycles. The number of benzene rings is 2. The number of hydrogen-bond donors (Lipinski definition) is 2. The van der Waals surface area contributed by atoms with Crippen molar-refractivity contribution in [3.63, 3.8) is 0 Å². The van der Waals surface area contributed by atoms with Crippen molar-refractivity contribution in [1.82, 2.24) is 0 Å². The third-order valence-electron chi connectivity index (χ3n) is 4.31. The first-order valence-electron chi connectivity index (χ1n) is 8.69. The van der Waals surface area contributed by atoms with Crippen molar-refractivity contribution in [3.8, 4) is 0 Å². The first kappa shape index (κ1) is 17.7. The standard InChI is InChI=1S/C21H22N2O3/c1-4-7-18(24)23-19-16-8-5-6-9-17(16)26-20(19)21(25)22-15-11-10-13(2)14(3)12-15/h5-6,8-12H,4,7H2,1-3H3,(H,22,25)(H,23,24). The Kier molecular flexibility index (Phi) is 5.07. The number of aryl methyl sites for hydroxylation is 2. The molecule has 0 fully saturated rings. The molecule has 0 atom stereocenters. The predicted molar refractivity (Wildman–Crippen MR) is 104 cm³/mol. The molecular formula is C21H22N2O3. The van der Waals surface area contributed by atoms with Crippen molar-refractivity contribution in [2.75, 3.05) is 10.6 Å². The van der Waals surface area contributed by atoms with E-state index in [1.54, 1.807) is 6.07 Å². The molecule has 0 aliphatic rings. The average molecular weight is 350 g/mol. The van der Waals surface area contributed by atoms with E-state index in [1.807, 2.05) is 57.2 Å². The number of para-hydroxylation sites is 1. The maximum absolute atomic E-state index is 12.8. The minimum atomic E-state index is -0.392. The van der Waals surface area contributed by atoms with E-state index in [1.165, 1.54) is 0 Å². The predicted octanol–water partition coefficient (Wildman–Crippen LogP) is 5.04. The lowest BCUT2D eigenvalue weighted by atomic mass is 10.1. The lowest BCUT2D eigenvalue weighted by Crippen LogP contribution is -2.16.